The Morgan fingerprint density at radius 1 is 1.16 bits per heavy atom. The van der Waals surface area contributed by atoms with Crippen LogP contribution in [0, 0.1) is 25.2 Å². The van der Waals surface area contributed by atoms with Crippen LogP contribution in [-0.4, -0.2) is 0 Å². The molecule has 0 fully saturated rings. The Kier molecular flexibility index (Phi) is 4.14. The first-order valence-corrected chi connectivity index (χ1v) is 6.92. The molecule has 0 atom stereocenters. The van der Waals surface area contributed by atoms with Gasteiger partial charge in [-0.05, 0) is 65.2 Å². The molecule has 0 spiro atoms. The number of hydrogen-bond donors (Lipinski definition) is 1. The number of aryl methyl sites for hydroxylation is 2. The lowest BCUT2D eigenvalue weighted by Gasteiger charge is -2.12. The molecule has 0 amide bonds. The number of nitriles is 1. The molecule has 2 aromatic carbocycles. The minimum absolute atomic E-state index is 0.614. The maximum atomic E-state index is 9.16. The Bertz CT molecular complexity index is 675. The van der Waals surface area contributed by atoms with E-state index in [9.17, 15) is 0 Å². The van der Waals surface area contributed by atoms with Crippen molar-refractivity contribution in [2.24, 2.45) is 0 Å². The monoisotopic (exact) mass is 334 g/mol. The van der Waals surface area contributed by atoms with E-state index < -0.39 is 0 Å². The maximum Gasteiger partial charge on any atom is 0.101 e. The second kappa shape index (κ2) is 5.64. The normalized spacial score (nSPS) is 10.1. The van der Waals surface area contributed by atoms with Crippen LogP contribution >= 0.6 is 27.5 Å². The Morgan fingerprint density at radius 3 is 2.58 bits per heavy atom. The van der Waals surface area contributed by atoms with Crippen LogP contribution in [0.15, 0.2) is 34.8 Å². The molecular formula is C15H12BrClN2. The Hall–Kier alpha value is -1.50. The van der Waals surface area contributed by atoms with Crippen molar-refractivity contribution in [3.63, 3.8) is 0 Å². The molecule has 19 heavy (non-hydrogen) atoms. The van der Waals surface area contributed by atoms with E-state index in [2.05, 4.69) is 27.3 Å². The van der Waals surface area contributed by atoms with E-state index in [0.717, 1.165) is 27.0 Å². The number of benzene rings is 2. The van der Waals surface area contributed by atoms with Crippen molar-refractivity contribution in [1.29, 1.82) is 5.26 Å². The molecule has 0 saturated heterocycles. The lowest BCUT2D eigenvalue weighted by atomic mass is 10.1. The molecule has 0 aliphatic rings. The van der Waals surface area contributed by atoms with Gasteiger partial charge < -0.3 is 5.32 Å². The second-order valence-corrected chi connectivity index (χ2v) is 5.63. The van der Waals surface area contributed by atoms with Gasteiger partial charge in [0.2, 0.25) is 0 Å². The fraction of sp³-hybridized carbons (Fsp3) is 0.133. The van der Waals surface area contributed by atoms with E-state index in [1.165, 1.54) is 0 Å². The third-order valence-electron chi connectivity index (χ3n) is 2.81. The zero-order chi connectivity index (χ0) is 14.0. The van der Waals surface area contributed by atoms with Crippen LogP contribution < -0.4 is 5.32 Å². The average Bonchev–Trinajstić information content (AvgIpc) is 2.37. The van der Waals surface area contributed by atoms with Gasteiger partial charge in [-0.2, -0.15) is 5.26 Å². The molecule has 2 rings (SSSR count). The van der Waals surface area contributed by atoms with Crippen LogP contribution in [0.1, 0.15) is 16.7 Å². The first-order chi connectivity index (χ1) is 9.01. The van der Waals surface area contributed by atoms with Gasteiger partial charge in [0.1, 0.15) is 6.07 Å². The summed E-state index contributed by atoms with van der Waals surface area (Å²) in [4.78, 5) is 0. The van der Waals surface area contributed by atoms with Crippen molar-refractivity contribution >= 4 is 38.9 Å². The molecule has 0 unspecified atom stereocenters. The van der Waals surface area contributed by atoms with Crippen molar-refractivity contribution in [1.82, 2.24) is 0 Å². The van der Waals surface area contributed by atoms with Gasteiger partial charge in [0.25, 0.3) is 0 Å². The van der Waals surface area contributed by atoms with Crippen LogP contribution in [0.25, 0.3) is 0 Å². The quantitative estimate of drug-likeness (QED) is 0.804. The molecular weight excluding hydrogens is 324 g/mol. The first kappa shape index (κ1) is 13.9. The summed E-state index contributed by atoms with van der Waals surface area (Å²) in [5.74, 6) is 0. The molecule has 2 nitrogen and oxygen atoms in total. The summed E-state index contributed by atoms with van der Waals surface area (Å²) in [6, 6.07) is 11.7. The molecule has 4 heteroatoms. The maximum absolute atomic E-state index is 9.16. The SMILES string of the molecule is Cc1ccc(Nc2cc(Cl)c(C)cc2Br)c(C#N)c1. The predicted molar refractivity (Wildman–Crippen MR) is 83.1 cm³/mol. The number of anilines is 2. The van der Waals surface area contributed by atoms with Gasteiger partial charge in [0.05, 0.1) is 16.9 Å². The van der Waals surface area contributed by atoms with E-state index in [0.29, 0.717) is 10.6 Å². The van der Waals surface area contributed by atoms with Crippen LogP contribution in [0.4, 0.5) is 11.4 Å². The van der Waals surface area contributed by atoms with E-state index in [1.54, 1.807) is 0 Å². The molecule has 0 heterocycles. The number of nitrogens with zero attached hydrogens (tertiary/aromatic N) is 1. The van der Waals surface area contributed by atoms with Gasteiger partial charge in [0, 0.05) is 9.50 Å². The van der Waals surface area contributed by atoms with Gasteiger partial charge in [-0.1, -0.05) is 17.7 Å². The summed E-state index contributed by atoms with van der Waals surface area (Å²) in [7, 11) is 0. The minimum atomic E-state index is 0.614. The van der Waals surface area contributed by atoms with Crippen molar-refractivity contribution < 1.29 is 0 Å². The van der Waals surface area contributed by atoms with E-state index >= 15 is 0 Å². The highest BCUT2D eigenvalue weighted by Gasteiger charge is 2.07. The van der Waals surface area contributed by atoms with E-state index in [4.69, 9.17) is 16.9 Å². The summed E-state index contributed by atoms with van der Waals surface area (Å²) in [5, 5.41) is 13.1. The Labute approximate surface area is 126 Å². The van der Waals surface area contributed by atoms with Gasteiger partial charge >= 0.3 is 0 Å². The molecule has 96 valence electrons. The fourth-order valence-corrected chi connectivity index (χ4v) is 2.47. The van der Waals surface area contributed by atoms with Crippen molar-refractivity contribution in [2.75, 3.05) is 5.32 Å². The zero-order valence-electron chi connectivity index (χ0n) is 10.6. The van der Waals surface area contributed by atoms with Gasteiger partial charge in [-0.25, -0.2) is 0 Å². The summed E-state index contributed by atoms with van der Waals surface area (Å²) in [5.41, 5.74) is 4.29. The highest BCUT2D eigenvalue weighted by Crippen LogP contribution is 2.32. The molecule has 0 radical (unpaired) electrons. The first-order valence-electron chi connectivity index (χ1n) is 5.74. The molecule has 0 aliphatic carbocycles. The highest BCUT2D eigenvalue weighted by molar-refractivity contribution is 9.10. The molecule has 0 aromatic heterocycles. The topological polar surface area (TPSA) is 35.8 Å². The van der Waals surface area contributed by atoms with E-state index in [-0.39, 0.29) is 0 Å². The summed E-state index contributed by atoms with van der Waals surface area (Å²) in [6.45, 7) is 3.91. The summed E-state index contributed by atoms with van der Waals surface area (Å²) >= 11 is 9.62. The standard InChI is InChI=1S/C15H12BrClN2/c1-9-3-4-14(11(5-9)8-18)19-15-7-13(17)10(2)6-12(15)16/h3-7,19H,1-2H3. The van der Waals surface area contributed by atoms with Gasteiger partial charge in [-0.15, -0.1) is 0 Å². The summed E-state index contributed by atoms with van der Waals surface area (Å²) in [6.07, 6.45) is 0. The number of hydrogen-bond acceptors (Lipinski definition) is 2. The third-order valence-corrected chi connectivity index (χ3v) is 3.88. The number of halogens is 2. The van der Waals surface area contributed by atoms with Crippen LogP contribution in [0.3, 0.4) is 0 Å². The van der Waals surface area contributed by atoms with Crippen molar-refractivity contribution in [3.05, 3.63) is 56.5 Å². The highest BCUT2D eigenvalue weighted by atomic mass is 79.9. The van der Waals surface area contributed by atoms with Crippen LogP contribution in [0.2, 0.25) is 5.02 Å². The van der Waals surface area contributed by atoms with E-state index in [1.807, 2.05) is 44.2 Å². The van der Waals surface area contributed by atoms with Crippen molar-refractivity contribution in [3.8, 4) is 6.07 Å². The third kappa shape index (κ3) is 3.09. The fourth-order valence-electron chi connectivity index (χ4n) is 1.75. The second-order valence-electron chi connectivity index (χ2n) is 4.37. The largest absolute Gasteiger partial charge is 0.353 e. The molecule has 0 bridgehead atoms. The smallest absolute Gasteiger partial charge is 0.101 e. The zero-order valence-corrected chi connectivity index (χ0v) is 12.9. The summed E-state index contributed by atoms with van der Waals surface area (Å²) < 4.78 is 0.916. The molecule has 0 aliphatic heterocycles. The number of nitrogens with one attached hydrogen (secondary N) is 1. The lowest BCUT2D eigenvalue weighted by Crippen LogP contribution is -1.96. The van der Waals surface area contributed by atoms with Crippen LogP contribution in [0.5, 0.6) is 0 Å². The Balaban J connectivity index is 2.42. The minimum Gasteiger partial charge on any atom is -0.353 e. The Morgan fingerprint density at radius 2 is 1.89 bits per heavy atom. The number of rotatable bonds is 2. The van der Waals surface area contributed by atoms with Crippen LogP contribution in [-0.2, 0) is 0 Å². The average molecular weight is 336 g/mol. The predicted octanol–water partition coefficient (Wildman–Crippen LogP) is 5.33. The molecule has 1 N–H and O–H groups in total. The van der Waals surface area contributed by atoms with Gasteiger partial charge in [-0.3, -0.25) is 0 Å². The van der Waals surface area contributed by atoms with Gasteiger partial charge in [0.15, 0.2) is 0 Å². The molecule has 0 saturated carbocycles. The molecule has 2 aromatic rings. The lowest BCUT2D eigenvalue weighted by molar-refractivity contribution is 1.39. The van der Waals surface area contributed by atoms with Crippen molar-refractivity contribution in [2.45, 2.75) is 13.8 Å².